The van der Waals surface area contributed by atoms with Gasteiger partial charge < -0.3 is 9.84 Å². The van der Waals surface area contributed by atoms with Crippen LogP contribution in [0.4, 0.5) is 5.69 Å². The Kier molecular flexibility index (Phi) is 6.41. The summed E-state index contributed by atoms with van der Waals surface area (Å²) in [5.74, 6) is -1.72. The van der Waals surface area contributed by atoms with Crippen molar-refractivity contribution in [2.45, 2.75) is 13.8 Å². The van der Waals surface area contributed by atoms with E-state index in [2.05, 4.69) is 10.5 Å². The molecule has 1 rings (SSSR count). The SMILES string of the molecule is CCOC(=O)C(C=NNC(=O)c1ccc([N+](=O)[O-])cc1)=C(C)O. The minimum Gasteiger partial charge on any atom is -0.512 e. The van der Waals surface area contributed by atoms with Crippen LogP contribution in [0.1, 0.15) is 24.2 Å². The number of ether oxygens (including phenoxy) is 1. The van der Waals surface area contributed by atoms with Crippen molar-refractivity contribution < 1.29 is 24.4 Å². The summed E-state index contributed by atoms with van der Waals surface area (Å²) in [4.78, 5) is 33.2. The Morgan fingerprint density at radius 3 is 2.48 bits per heavy atom. The Hall–Kier alpha value is -3.23. The second-order valence-corrected chi connectivity index (χ2v) is 4.22. The van der Waals surface area contributed by atoms with Crippen molar-refractivity contribution in [3.63, 3.8) is 0 Å². The molecule has 0 spiro atoms. The van der Waals surface area contributed by atoms with Gasteiger partial charge >= 0.3 is 5.97 Å². The number of esters is 1. The first kappa shape index (κ1) is 17.8. The highest BCUT2D eigenvalue weighted by Gasteiger charge is 2.12. The van der Waals surface area contributed by atoms with E-state index in [0.29, 0.717) is 0 Å². The summed E-state index contributed by atoms with van der Waals surface area (Å²) in [7, 11) is 0. The van der Waals surface area contributed by atoms with Gasteiger partial charge in [0.05, 0.1) is 17.7 Å². The van der Waals surface area contributed by atoms with Gasteiger partial charge in [-0.15, -0.1) is 0 Å². The number of rotatable bonds is 6. The minimum atomic E-state index is -0.777. The quantitative estimate of drug-likeness (QED) is 0.205. The zero-order chi connectivity index (χ0) is 17.4. The number of aliphatic hydroxyl groups is 1. The van der Waals surface area contributed by atoms with Gasteiger partial charge in [0.25, 0.3) is 11.6 Å². The molecule has 0 saturated carbocycles. The van der Waals surface area contributed by atoms with Gasteiger partial charge in [0.2, 0.25) is 0 Å². The number of nitrogens with one attached hydrogen (secondary N) is 1. The maximum Gasteiger partial charge on any atom is 0.343 e. The molecule has 0 heterocycles. The van der Waals surface area contributed by atoms with E-state index in [-0.39, 0.29) is 29.2 Å². The number of nitro benzene ring substituents is 1. The highest BCUT2D eigenvalue weighted by molar-refractivity contribution is 6.10. The molecule has 23 heavy (non-hydrogen) atoms. The molecule has 0 aliphatic carbocycles. The predicted molar refractivity (Wildman–Crippen MR) is 81.0 cm³/mol. The van der Waals surface area contributed by atoms with Crippen LogP contribution in [0.3, 0.4) is 0 Å². The van der Waals surface area contributed by atoms with Crippen molar-refractivity contribution in [3.8, 4) is 0 Å². The van der Waals surface area contributed by atoms with Crippen LogP contribution in [0.5, 0.6) is 0 Å². The van der Waals surface area contributed by atoms with Crippen LogP contribution in [-0.2, 0) is 9.53 Å². The van der Waals surface area contributed by atoms with E-state index in [4.69, 9.17) is 4.74 Å². The molecule has 9 heteroatoms. The zero-order valence-corrected chi connectivity index (χ0v) is 12.5. The van der Waals surface area contributed by atoms with E-state index in [0.717, 1.165) is 6.21 Å². The lowest BCUT2D eigenvalue weighted by atomic mass is 10.2. The van der Waals surface area contributed by atoms with Crippen LogP contribution >= 0.6 is 0 Å². The van der Waals surface area contributed by atoms with Crippen LogP contribution in [0, 0.1) is 10.1 Å². The lowest BCUT2D eigenvalue weighted by Gasteiger charge is -2.03. The Morgan fingerprint density at radius 1 is 1.39 bits per heavy atom. The van der Waals surface area contributed by atoms with Crippen molar-refractivity contribution in [1.29, 1.82) is 0 Å². The van der Waals surface area contributed by atoms with Gasteiger partial charge in [0.15, 0.2) is 0 Å². The van der Waals surface area contributed by atoms with Gasteiger partial charge in [-0.2, -0.15) is 5.10 Å². The van der Waals surface area contributed by atoms with Gasteiger partial charge in [-0.25, -0.2) is 10.2 Å². The third kappa shape index (κ3) is 5.23. The minimum absolute atomic E-state index is 0.124. The average Bonchev–Trinajstić information content (AvgIpc) is 2.51. The van der Waals surface area contributed by atoms with Gasteiger partial charge in [-0.1, -0.05) is 0 Å². The molecule has 0 fully saturated rings. The van der Waals surface area contributed by atoms with E-state index in [1.54, 1.807) is 6.92 Å². The molecule has 0 atom stereocenters. The number of amides is 1. The number of hydrogen-bond donors (Lipinski definition) is 2. The number of benzene rings is 1. The number of aliphatic hydroxyl groups excluding tert-OH is 1. The largest absolute Gasteiger partial charge is 0.512 e. The molecular formula is C14H15N3O6. The summed E-state index contributed by atoms with van der Waals surface area (Å²) in [6, 6.07) is 4.89. The Labute approximate surface area is 131 Å². The molecule has 2 N–H and O–H groups in total. The molecule has 1 aromatic carbocycles. The first-order chi connectivity index (χ1) is 10.9. The maximum atomic E-state index is 11.8. The number of non-ortho nitro benzene ring substituents is 1. The third-order valence-corrected chi connectivity index (χ3v) is 2.59. The van der Waals surface area contributed by atoms with Crippen molar-refractivity contribution in [1.82, 2.24) is 5.43 Å². The molecular weight excluding hydrogens is 306 g/mol. The van der Waals surface area contributed by atoms with E-state index in [1.807, 2.05) is 0 Å². The number of carbonyl (C=O) groups is 2. The lowest BCUT2D eigenvalue weighted by molar-refractivity contribution is -0.384. The van der Waals surface area contributed by atoms with Crippen LogP contribution in [0.25, 0.3) is 0 Å². The monoisotopic (exact) mass is 321 g/mol. The molecule has 9 nitrogen and oxygen atoms in total. The third-order valence-electron chi connectivity index (χ3n) is 2.59. The number of nitrogens with zero attached hydrogens (tertiary/aromatic N) is 2. The van der Waals surface area contributed by atoms with E-state index in [1.165, 1.54) is 31.2 Å². The highest BCUT2D eigenvalue weighted by Crippen LogP contribution is 2.11. The molecule has 0 radical (unpaired) electrons. The first-order valence-corrected chi connectivity index (χ1v) is 6.51. The predicted octanol–water partition coefficient (Wildman–Crippen LogP) is 1.71. The molecule has 0 bridgehead atoms. The Balaban J connectivity index is 2.76. The molecule has 0 unspecified atom stereocenters. The van der Waals surface area contributed by atoms with E-state index < -0.39 is 16.8 Å². The van der Waals surface area contributed by atoms with Gasteiger partial charge in [0.1, 0.15) is 11.3 Å². The van der Waals surface area contributed by atoms with E-state index >= 15 is 0 Å². The number of nitro groups is 1. The molecule has 0 aliphatic rings. The molecule has 122 valence electrons. The van der Waals surface area contributed by atoms with Crippen molar-refractivity contribution in [3.05, 3.63) is 51.3 Å². The number of carbonyl (C=O) groups excluding carboxylic acids is 2. The maximum absolute atomic E-state index is 11.8. The summed E-state index contributed by atoms with van der Waals surface area (Å²) >= 11 is 0. The summed E-state index contributed by atoms with van der Waals surface area (Å²) in [5.41, 5.74) is 1.94. The van der Waals surface area contributed by atoms with Crippen LogP contribution in [0.2, 0.25) is 0 Å². The fourth-order valence-corrected chi connectivity index (χ4v) is 1.46. The van der Waals surface area contributed by atoms with Crippen molar-refractivity contribution in [2.24, 2.45) is 5.10 Å². The fourth-order valence-electron chi connectivity index (χ4n) is 1.46. The average molecular weight is 321 g/mol. The first-order valence-electron chi connectivity index (χ1n) is 6.51. The molecule has 0 aliphatic heterocycles. The fraction of sp³-hybridized carbons (Fsp3) is 0.214. The molecule has 1 amide bonds. The van der Waals surface area contributed by atoms with Crippen molar-refractivity contribution >= 4 is 23.8 Å². The number of hydrogen-bond acceptors (Lipinski definition) is 7. The normalized spacial score (nSPS) is 11.7. The number of allylic oxidation sites excluding steroid dienone is 1. The molecule has 0 aromatic heterocycles. The Morgan fingerprint density at radius 2 is 2.00 bits per heavy atom. The van der Waals surface area contributed by atoms with Crippen LogP contribution in [0.15, 0.2) is 40.7 Å². The summed E-state index contributed by atoms with van der Waals surface area (Å²) in [5, 5.41) is 23.5. The highest BCUT2D eigenvalue weighted by atomic mass is 16.6. The van der Waals surface area contributed by atoms with Gasteiger partial charge in [0, 0.05) is 17.7 Å². The van der Waals surface area contributed by atoms with Crippen molar-refractivity contribution in [2.75, 3.05) is 6.61 Å². The number of hydrazone groups is 1. The molecule has 0 saturated heterocycles. The van der Waals surface area contributed by atoms with Crippen LogP contribution < -0.4 is 5.43 Å². The smallest absolute Gasteiger partial charge is 0.343 e. The summed E-state index contributed by atoms with van der Waals surface area (Å²) in [6.45, 7) is 3.00. The topological polar surface area (TPSA) is 131 Å². The van der Waals surface area contributed by atoms with Gasteiger partial charge in [-0.3, -0.25) is 14.9 Å². The van der Waals surface area contributed by atoms with Gasteiger partial charge in [-0.05, 0) is 26.0 Å². The van der Waals surface area contributed by atoms with E-state index in [9.17, 15) is 24.8 Å². The standard InChI is InChI=1S/C14H15N3O6/c1-3-23-14(20)12(9(2)18)8-15-16-13(19)10-4-6-11(7-5-10)17(21)22/h4-8,18H,3H2,1-2H3,(H,16,19). The Bertz CT molecular complexity index is 660. The second kappa shape index (κ2) is 8.27. The zero-order valence-electron chi connectivity index (χ0n) is 12.5. The van der Waals surface area contributed by atoms with Crippen LogP contribution in [-0.4, -0.2) is 34.7 Å². The molecule has 1 aromatic rings. The summed E-state index contributed by atoms with van der Waals surface area (Å²) < 4.78 is 4.72. The second-order valence-electron chi connectivity index (χ2n) is 4.22. The summed E-state index contributed by atoms with van der Waals surface area (Å²) in [6.07, 6.45) is 0.955. The lowest BCUT2D eigenvalue weighted by Crippen LogP contribution is -2.19.